The van der Waals surface area contributed by atoms with E-state index < -0.39 is 0 Å². The van der Waals surface area contributed by atoms with Crippen molar-refractivity contribution in [2.24, 2.45) is 5.92 Å². The Hall–Kier alpha value is -0.120. The molecule has 0 aromatic carbocycles. The van der Waals surface area contributed by atoms with Crippen LogP contribution >= 0.6 is 0 Å². The van der Waals surface area contributed by atoms with Crippen LogP contribution < -0.4 is 5.32 Å². The molecule has 0 amide bonds. The zero-order chi connectivity index (χ0) is 8.93. The summed E-state index contributed by atoms with van der Waals surface area (Å²) in [4.78, 5) is 0. The lowest BCUT2D eigenvalue weighted by Gasteiger charge is -2.26. The van der Waals surface area contributed by atoms with Gasteiger partial charge in [0, 0.05) is 13.2 Å². The summed E-state index contributed by atoms with van der Waals surface area (Å²) in [5.74, 6) is 0.896. The Bertz CT molecular complexity index is 144. The molecule has 0 aromatic heterocycles. The van der Waals surface area contributed by atoms with Gasteiger partial charge in [-0.1, -0.05) is 0 Å². The quantitative estimate of drug-likeness (QED) is 0.595. The van der Waals surface area contributed by atoms with Crippen LogP contribution in [-0.4, -0.2) is 39.0 Å². The van der Waals surface area contributed by atoms with Crippen LogP contribution in [0.5, 0.6) is 0 Å². The summed E-state index contributed by atoms with van der Waals surface area (Å²) in [7, 11) is 0. The Labute approximate surface area is 79.8 Å². The molecule has 2 aliphatic rings. The fraction of sp³-hybridized carbons (Fsp3) is 1.00. The minimum Gasteiger partial charge on any atom is -0.381 e. The van der Waals surface area contributed by atoms with Gasteiger partial charge in [0.1, 0.15) is 0 Å². The molecule has 0 bridgehead atoms. The van der Waals surface area contributed by atoms with Crippen LogP contribution in [0.1, 0.15) is 19.3 Å². The monoisotopic (exact) mass is 185 g/mol. The smallest absolute Gasteiger partial charge is 0.0643 e. The summed E-state index contributed by atoms with van der Waals surface area (Å²) in [6.45, 7) is 4.76. The average molecular weight is 185 g/mol. The molecule has 0 spiro atoms. The third-order valence-electron chi connectivity index (χ3n) is 2.59. The summed E-state index contributed by atoms with van der Waals surface area (Å²) in [5, 5.41) is 3.42. The molecule has 1 aliphatic carbocycles. The Morgan fingerprint density at radius 1 is 1.31 bits per heavy atom. The molecule has 76 valence electrons. The van der Waals surface area contributed by atoms with E-state index in [1.807, 2.05) is 0 Å². The first-order valence-electron chi connectivity index (χ1n) is 5.34. The molecular weight excluding hydrogens is 166 g/mol. The van der Waals surface area contributed by atoms with E-state index in [2.05, 4.69) is 5.32 Å². The van der Waals surface area contributed by atoms with Crippen molar-refractivity contribution in [2.45, 2.75) is 25.3 Å². The summed E-state index contributed by atoms with van der Waals surface area (Å²) in [6.07, 6.45) is 3.90. The summed E-state index contributed by atoms with van der Waals surface area (Å²) in [6, 6.07) is 0.614. The largest absolute Gasteiger partial charge is 0.381 e. The number of hydrogen-bond donors (Lipinski definition) is 1. The minimum absolute atomic E-state index is 0.614. The predicted octanol–water partition coefficient (Wildman–Crippen LogP) is 0.791. The lowest BCUT2D eigenvalue weighted by atomic mass is 10.2. The molecule has 2 rings (SSSR count). The number of hydrogen-bond acceptors (Lipinski definition) is 3. The summed E-state index contributed by atoms with van der Waals surface area (Å²) in [5.41, 5.74) is 0. The van der Waals surface area contributed by atoms with Gasteiger partial charge in [0.15, 0.2) is 0 Å². The van der Waals surface area contributed by atoms with Crippen molar-refractivity contribution >= 4 is 0 Å². The van der Waals surface area contributed by atoms with E-state index in [0.29, 0.717) is 6.04 Å². The molecule has 13 heavy (non-hydrogen) atoms. The first-order chi connectivity index (χ1) is 6.45. The molecular formula is C10H19NO2. The second kappa shape index (κ2) is 4.94. The van der Waals surface area contributed by atoms with Crippen LogP contribution in [-0.2, 0) is 9.47 Å². The number of ether oxygens (including phenoxy) is 2. The van der Waals surface area contributed by atoms with E-state index in [4.69, 9.17) is 9.47 Å². The normalized spacial score (nSPS) is 23.1. The molecule has 2 fully saturated rings. The van der Waals surface area contributed by atoms with Crippen molar-refractivity contribution in [1.29, 1.82) is 0 Å². The SMILES string of the molecule is C(CNC1COC1)COCC1CC1. The van der Waals surface area contributed by atoms with Crippen molar-refractivity contribution in [3.05, 3.63) is 0 Å². The second-order valence-electron chi connectivity index (χ2n) is 4.06. The van der Waals surface area contributed by atoms with Gasteiger partial charge in [-0.05, 0) is 31.7 Å². The Morgan fingerprint density at radius 2 is 2.15 bits per heavy atom. The maximum Gasteiger partial charge on any atom is 0.0643 e. The van der Waals surface area contributed by atoms with E-state index in [1.165, 1.54) is 12.8 Å². The van der Waals surface area contributed by atoms with E-state index >= 15 is 0 Å². The van der Waals surface area contributed by atoms with Gasteiger partial charge < -0.3 is 14.8 Å². The first kappa shape index (κ1) is 9.44. The Kier molecular flexibility index (Phi) is 3.58. The number of rotatable bonds is 7. The molecule has 0 unspecified atom stereocenters. The number of nitrogens with one attached hydrogen (secondary N) is 1. The van der Waals surface area contributed by atoms with Crippen LogP contribution in [0.25, 0.3) is 0 Å². The molecule has 1 saturated heterocycles. The standard InChI is InChI=1S/C10H19NO2/c1(4-11-10-7-13-8-10)5-12-6-9-2-3-9/h9-11H,1-8H2. The fourth-order valence-electron chi connectivity index (χ4n) is 1.37. The van der Waals surface area contributed by atoms with Crippen LogP contribution in [0.2, 0.25) is 0 Å². The molecule has 1 aliphatic heterocycles. The van der Waals surface area contributed by atoms with Crippen molar-refractivity contribution in [3.63, 3.8) is 0 Å². The lowest BCUT2D eigenvalue weighted by Crippen LogP contribution is -2.46. The van der Waals surface area contributed by atoms with Crippen molar-refractivity contribution < 1.29 is 9.47 Å². The van der Waals surface area contributed by atoms with Crippen LogP contribution in [0.15, 0.2) is 0 Å². The molecule has 0 aromatic rings. The van der Waals surface area contributed by atoms with Gasteiger partial charge in [-0.3, -0.25) is 0 Å². The molecule has 1 N–H and O–H groups in total. The van der Waals surface area contributed by atoms with Crippen LogP contribution in [0.3, 0.4) is 0 Å². The van der Waals surface area contributed by atoms with E-state index in [0.717, 1.165) is 45.3 Å². The minimum atomic E-state index is 0.614. The highest BCUT2D eigenvalue weighted by atomic mass is 16.5. The van der Waals surface area contributed by atoms with E-state index in [9.17, 15) is 0 Å². The van der Waals surface area contributed by atoms with Crippen molar-refractivity contribution in [2.75, 3.05) is 33.0 Å². The van der Waals surface area contributed by atoms with Gasteiger partial charge in [-0.2, -0.15) is 0 Å². The maximum atomic E-state index is 5.52. The maximum absolute atomic E-state index is 5.52. The van der Waals surface area contributed by atoms with E-state index in [1.54, 1.807) is 0 Å². The highest BCUT2D eigenvalue weighted by Crippen LogP contribution is 2.28. The highest BCUT2D eigenvalue weighted by molar-refractivity contribution is 4.73. The van der Waals surface area contributed by atoms with Crippen molar-refractivity contribution in [1.82, 2.24) is 5.32 Å². The first-order valence-corrected chi connectivity index (χ1v) is 5.34. The molecule has 0 radical (unpaired) electrons. The zero-order valence-electron chi connectivity index (χ0n) is 8.13. The average Bonchev–Trinajstić information content (AvgIpc) is 2.83. The second-order valence-corrected chi connectivity index (χ2v) is 4.06. The predicted molar refractivity (Wildman–Crippen MR) is 50.8 cm³/mol. The highest BCUT2D eigenvalue weighted by Gasteiger charge is 2.21. The van der Waals surface area contributed by atoms with E-state index in [-0.39, 0.29) is 0 Å². The summed E-state index contributed by atoms with van der Waals surface area (Å²) < 4.78 is 10.6. The molecule has 3 nitrogen and oxygen atoms in total. The van der Waals surface area contributed by atoms with Crippen molar-refractivity contribution in [3.8, 4) is 0 Å². The van der Waals surface area contributed by atoms with Crippen LogP contribution in [0, 0.1) is 5.92 Å². The third kappa shape index (κ3) is 3.63. The van der Waals surface area contributed by atoms with Gasteiger partial charge in [0.05, 0.1) is 19.3 Å². The fourth-order valence-corrected chi connectivity index (χ4v) is 1.37. The summed E-state index contributed by atoms with van der Waals surface area (Å²) >= 11 is 0. The molecule has 1 saturated carbocycles. The molecule has 1 heterocycles. The lowest BCUT2D eigenvalue weighted by molar-refractivity contribution is -0.00586. The Morgan fingerprint density at radius 3 is 2.77 bits per heavy atom. The molecule has 0 atom stereocenters. The van der Waals surface area contributed by atoms with Gasteiger partial charge in [-0.25, -0.2) is 0 Å². The molecule has 3 heteroatoms. The zero-order valence-corrected chi connectivity index (χ0v) is 8.13. The van der Waals surface area contributed by atoms with Gasteiger partial charge in [0.25, 0.3) is 0 Å². The third-order valence-corrected chi connectivity index (χ3v) is 2.59. The van der Waals surface area contributed by atoms with Crippen LogP contribution in [0.4, 0.5) is 0 Å². The Balaban J connectivity index is 1.32. The van der Waals surface area contributed by atoms with Gasteiger partial charge in [0.2, 0.25) is 0 Å². The van der Waals surface area contributed by atoms with Gasteiger partial charge in [-0.15, -0.1) is 0 Å². The topological polar surface area (TPSA) is 30.5 Å². The van der Waals surface area contributed by atoms with Gasteiger partial charge >= 0.3 is 0 Å².